The van der Waals surface area contributed by atoms with Gasteiger partial charge in [0.05, 0.1) is 5.75 Å². The number of rotatable bonds is 5. The molecular formula is C16H19ClN2O3S2. The molecule has 1 aromatic carbocycles. The van der Waals surface area contributed by atoms with Gasteiger partial charge in [0.2, 0.25) is 0 Å². The van der Waals surface area contributed by atoms with Crippen LogP contribution >= 0.6 is 35.6 Å². The van der Waals surface area contributed by atoms with Crippen LogP contribution < -0.4 is 5.32 Å². The Hall–Kier alpha value is -1.31. The average Bonchev–Trinajstić information content (AvgIpc) is 3.09. The van der Waals surface area contributed by atoms with Crippen LogP contribution in [0, 0.1) is 0 Å². The number of nitrogens with zero attached hydrogens (tertiary/aromatic N) is 1. The maximum absolute atomic E-state index is 12.0. The Morgan fingerprint density at radius 3 is 2.58 bits per heavy atom. The van der Waals surface area contributed by atoms with Gasteiger partial charge in [0, 0.05) is 23.8 Å². The third-order valence-electron chi connectivity index (χ3n) is 3.47. The molecule has 0 bridgehead atoms. The maximum Gasteiger partial charge on any atom is 0.317 e. The van der Waals surface area contributed by atoms with Crippen LogP contribution in [0.25, 0.3) is 0 Å². The van der Waals surface area contributed by atoms with E-state index in [4.69, 9.17) is 28.6 Å². The molecule has 0 aliphatic carbocycles. The standard InChI is InChI=1S/C16H19ClN2O3S2/c1-11(15(21)18-13-6-4-12(17)5-7-13)22-14(20)10-24-16(23)19-8-2-3-9-19/h4-7,11H,2-3,8-10H2,1H3,(H,18,21)/t11-/m0/s1. The number of amides is 1. The lowest BCUT2D eigenvalue weighted by molar-refractivity contribution is -0.150. The van der Waals surface area contributed by atoms with E-state index in [1.807, 2.05) is 0 Å². The molecule has 0 aromatic heterocycles. The van der Waals surface area contributed by atoms with Crippen molar-refractivity contribution in [1.82, 2.24) is 4.90 Å². The number of nitrogens with one attached hydrogen (secondary N) is 1. The van der Waals surface area contributed by atoms with Crippen LogP contribution in [0.5, 0.6) is 0 Å². The number of thiocarbonyl (C=S) groups is 1. The van der Waals surface area contributed by atoms with Gasteiger partial charge in [-0.05, 0) is 44.0 Å². The summed E-state index contributed by atoms with van der Waals surface area (Å²) in [6.45, 7) is 3.42. The summed E-state index contributed by atoms with van der Waals surface area (Å²) in [5, 5.41) is 3.25. The van der Waals surface area contributed by atoms with Gasteiger partial charge < -0.3 is 15.0 Å². The molecule has 1 heterocycles. The molecular weight excluding hydrogens is 368 g/mol. The van der Waals surface area contributed by atoms with Gasteiger partial charge in [-0.3, -0.25) is 9.59 Å². The van der Waals surface area contributed by atoms with Crippen LogP contribution in [0.2, 0.25) is 5.02 Å². The molecule has 0 spiro atoms. The molecule has 1 fully saturated rings. The monoisotopic (exact) mass is 386 g/mol. The van der Waals surface area contributed by atoms with Gasteiger partial charge in [0.15, 0.2) is 6.10 Å². The molecule has 1 saturated heterocycles. The molecule has 1 aromatic rings. The van der Waals surface area contributed by atoms with Crippen LogP contribution in [-0.2, 0) is 14.3 Å². The Labute approximate surface area is 156 Å². The largest absolute Gasteiger partial charge is 0.452 e. The first-order chi connectivity index (χ1) is 11.5. The fourth-order valence-corrected chi connectivity index (χ4v) is 3.33. The van der Waals surface area contributed by atoms with E-state index < -0.39 is 18.0 Å². The smallest absolute Gasteiger partial charge is 0.317 e. The third kappa shape index (κ3) is 5.96. The number of likely N-dealkylation sites (tertiary alicyclic amines) is 1. The number of hydrogen-bond donors (Lipinski definition) is 1. The number of ether oxygens (including phenoxy) is 1. The van der Waals surface area contributed by atoms with E-state index in [0.29, 0.717) is 15.0 Å². The molecule has 5 nitrogen and oxygen atoms in total. The second kappa shape index (κ2) is 9.25. The molecule has 0 radical (unpaired) electrons. The molecule has 1 amide bonds. The summed E-state index contributed by atoms with van der Waals surface area (Å²) in [5.41, 5.74) is 0.594. The van der Waals surface area contributed by atoms with E-state index >= 15 is 0 Å². The predicted octanol–water partition coefficient (Wildman–Crippen LogP) is 3.32. The van der Waals surface area contributed by atoms with E-state index in [0.717, 1.165) is 25.9 Å². The van der Waals surface area contributed by atoms with Gasteiger partial charge in [-0.1, -0.05) is 35.6 Å². The summed E-state index contributed by atoms with van der Waals surface area (Å²) in [4.78, 5) is 26.0. The zero-order valence-corrected chi connectivity index (χ0v) is 15.7. The number of anilines is 1. The summed E-state index contributed by atoms with van der Waals surface area (Å²) >= 11 is 12.4. The van der Waals surface area contributed by atoms with Gasteiger partial charge >= 0.3 is 5.97 Å². The van der Waals surface area contributed by atoms with Crippen molar-refractivity contribution in [2.45, 2.75) is 25.9 Å². The average molecular weight is 387 g/mol. The van der Waals surface area contributed by atoms with Crippen LogP contribution in [-0.4, -0.2) is 46.0 Å². The SMILES string of the molecule is C[C@H](OC(=O)CSC(=S)N1CCCC1)C(=O)Nc1ccc(Cl)cc1. The van der Waals surface area contributed by atoms with Crippen LogP contribution in [0.3, 0.4) is 0 Å². The lowest BCUT2D eigenvalue weighted by Gasteiger charge is -2.18. The van der Waals surface area contributed by atoms with E-state index in [2.05, 4.69) is 10.2 Å². The number of esters is 1. The number of benzene rings is 1. The van der Waals surface area contributed by atoms with Crippen molar-refractivity contribution in [2.75, 3.05) is 24.2 Å². The van der Waals surface area contributed by atoms with Crippen LogP contribution in [0.1, 0.15) is 19.8 Å². The Morgan fingerprint density at radius 1 is 1.33 bits per heavy atom. The van der Waals surface area contributed by atoms with Crippen molar-refractivity contribution in [2.24, 2.45) is 0 Å². The van der Waals surface area contributed by atoms with Gasteiger partial charge in [0.25, 0.3) is 5.91 Å². The topological polar surface area (TPSA) is 58.6 Å². The second-order valence-electron chi connectivity index (χ2n) is 5.38. The highest BCUT2D eigenvalue weighted by molar-refractivity contribution is 8.23. The first-order valence-electron chi connectivity index (χ1n) is 7.63. The van der Waals surface area contributed by atoms with Crippen molar-refractivity contribution in [1.29, 1.82) is 0 Å². The summed E-state index contributed by atoms with van der Waals surface area (Å²) in [6, 6.07) is 6.70. The fraction of sp³-hybridized carbons (Fsp3) is 0.438. The minimum absolute atomic E-state index is 0.105. The molecule has 1 N–H and O–H groups in total. The zero-order chi connectivity index (χ0) is 17.5. The summed E-state index contributed by atoms with van der Waals surface area (Å²) in [5.74, 6) is -0.744. The van der Waals surface area contributed by atoms with Crippen LogP contribution in [0.4, 0.5) is 5.69 Å². The summed E-state index contributed by atoms with van der Waals surface area (Å²) in [7, 11) is 0. The molecule has 0 saturated carbocycles. The quantitative estimate of drug-likeness (QED) is 0.618. The number of carbonyl (C=O) groups excluding carboxylic acids is 2. The van der Waals surface area contributed by atoms with E-state index in [-0.39, 0.29) is 5.75 Å². The van der Waals surface area contributed by atoms with E-state index in [1.54, 1.807) is 24.3 Å². The molecule has 0 unspecified atom stereocenters. The normalized spacial score (nSPS) is 15.0. The minimum Gasteiger partial charge on any atom is -0.452 e. The Bertz CT molecular complexity index is 604. The lowest BCUT2D eigenvalue weighted by Crippen LogP contribution is -2.31. The van der Waals surface area contributed by atoms with Crippen molar-refractivity contribution in [3.05, 3.63) is 29.3 Å². The molecule has 1 aliphatic rings. The number of carbonyl (C=O) groups is 2. The molecule has 2 rings (SSSR count). The van der Waals surface area contributed by atoms with Gasteiger partial charge in [-0.25, -0.2) is 0 Å². The number of hydrogen-bond acceptors (Lipinski definition) is 5. The van der Waals surface area contributed by atoms with Crippen molar-refractivity contribution < 1.29 is 14.3 Å². The van der Waals surface area contributed by atoms with Crippen LogP contribution in [0.15, 0.2) is 24.3 Å². The Balaban J connectivity index is 1.72. The van der Waals surface area contributed by atoms with E-state index in [1.165, 1.54) is 18.7 Å². The molecule has 1 aliphatic heterocycles. The zero-order valence-electron chi connectivity index (χ0n) is 13.3. The highest BCUT2D eigenvalue weighted by atomic mass is 35.5. The van der Waals surface area contributed by atoms with Gasteiger partial charge in [0.1, 0.15) is 4.32 Å². The molecule has 1 atom stereocenters. The van der Waals surface area contributed by atoms with Gasteiger partial charge in [-0.2, -0.15) is 0 Å². The summed E-state index contributed by atoms with van der Waals surface area (Å²) in [6.07, 6.45) is 1.38. The minimum atomic E-state index is -0.880. The first-order valence-corrected chi connectivity index (χ1v) is 9.40. The molecule has 130 valence electrons. The predicted molar refractivity (Wildman–Crippen MR) is 101 cm³/mol. The van der Waals surface area contributed by atoms with Crippen molar-refractivity contribution in [3.63, 3.8) is 0 Å². The second-order valence-corrected chi connectivity index (χ2v) is 7.42. The number of halogens is 1. The Kier molecular flexibility index (Phi) is 7.33. The number of thioether (sulfide) groups is 1. The Morgan fingerprint density at radius 2 is 1.96 bits per heavy atom. The molecule has 24 heavy (non-hydrogen) atoms. The van der Waals surface area contributed by atoms with Gasteiger partial charge in [-0.15, -0.1) is 0 Å². The lowest BCUT2D eigenvalue weighted by atomic mass is 10.3. The third-order valence-corrected chi connectivity index (χ3v) is 5.22. The summed E-state index contributed by atoms with van der Waals surface area (Å²) < 4.78 is 5.86. The fourth-order valence-electron chi connectivity index (χ4n) is 2.17. The first kappa shape index (κ1) is 19.0. The van der Waals surface area contributed by atoms with Crippen molar-refractivity contribution >= 4 is 57.5 Å². The van der Waals surface area contributed by atoms with E-state index in [9.17, 15) is 9.59 Å². The highest BCUT2D eigenvalue weighted by Gasteiger charge is 2.20. The molecule has 8 heteroatoms. The maximum atomic E-state index is 12.0. The highest BCUT2D eigenvalue weighted by Crippen LogP contribution is 2.17. The van der Waals surface area contributed by atoms with Crippen molar-refractivity contribution in [3.8, 4) is 0 Å².